The number of esters is 1. The molecule has 0 saturated carbocycles. The first-order valence-electron chi connectivity index (χ1n) is 14.1. The molecule has 0 amide bonds. The molecule has 6 aromatic rings. The maximum Gasteiger partial charge on any atom is 0.340 e. The highest BCUT2D eigenvalue weighted by molar-refractivity contribution is 5.94. The van der Waals surface area contributed by atoms with Crippen molar-refractivity contribution >= 4 is 28.0 Å². The van der Waals surface area contributed by atoms with Crippen molar-refractivity contribution in [2.24, 2.45) is 0 Å². The molecular weight excluding hydrogens is 538 g/mol. The van der Waals surface area contributed by atoms with Crippen LogP contribution in [0.3, 0.4) is 0 Å². The number of hydrogen-bond donors (Lipinski definition) is 0. The monoisotopic (exact) mass is 569 g/mol. The van der Waals surface area contributed by atoms with Gasteiger partial charge in [0.2, 0.25) is 0 Å². The molecular formula is C35H31N5O3. The number of imidazole rings is 1. The maximum absolute atomic E-state index is 12.7. The summed E-state index contributed by atoms with van der Waals surface area (Å²) in [7, 11) is 3.00. The molecule has 0 unspecified atom stereocenters. The van der Waals surface area contributed by atoms with E-state index < -0.39 is 5.97 Å². The van der Waals surface area contributed by atoms with Crippen molar-refractivity contribution in [1.29, 1.82) is 0 Å². The molecule has 0 radical (unpaired) electrons. The number of hydrogen-bond acceptors (Lipinski definition) is 6. The number of nitrogens with zero attached hydrogens (tertiary/aromatic N) is 5. The highest BCUT2D eigenvalue weighted by Crippen LogP contribution is 2.27. The summed E-state index contributed by atoms with van der Waals surface area (Å²) in [6, 6.07) is 23.1. The quantitative estimate of drug-likeness (QED) is 0.176. The predicted octanol–water partition coefficient (Wildman–Crippen LogP) is 6.19. The van der Waals surface area contributed by atoms with Crippen molar-refractivity contribution in [3.63, 3.8) is 0 Å². The molecule has 0 aliphatic carbocycles. The average Bonchev–Trinajstić information content (AvgIpc) is 3.57. The van der Waals surface area contributed by atoms with E-state index in [9.17, 15) is 4.79 Å². The summed E-state index contributed by atoms with van der Waals surface area (Å²) in [5.41, 5.74) is 8.16. The Labute approximate surface area is 249 Å². The van der Waals surface area contributed by atoms with Gasteiger partial charge in [0.25, 0.3) is 0 Å². The molecule has 8 nitrogen and oxygen atoms in total. The Morgan fingerprint density at radius 2 is 1.77 bits per heavy atom. The van der Waals surface area contributed by atoms with Gasteiger partial charge in [-0.15, -0.1) is 0 Å². The van der Waals surface area contributed by atoms with Crippen LogP contribution in [-0.2, 0) is 17.7 Å². The summed E-state index contributed by atoms with van der Waals surface area (Å²) in [5.74, 6) is 7.89. The van der Waals surface area contributed by atoms with Gasteiger partial charge < -0.3 is 14.0 Å². The Morgan fingerprint density at radius 1 is 0.930 bits per heavy atom. The van der Waals surface area contributed by atoms with E-state index in [4.69, 9.17) is 24.5 Å². The second-order valence-electron chi connectivity index (χ2n) is 10.3. The van der Waals surface area contributed by atoms with Crippen LogP contribution in [-0.4, -0.2) is 44.5 Å². The van der Waals surface area contributed by atoms with Crippen LogP contribution in [0.5, 0.6) is 5.75 Å². The van der Waals surface area contributed by atoms with Gasteiger partial charge in [0, 0.05) is 23.1 Å². The van der Waals surface area contributed by atoms with Gasteiger partial charge in [0.15, 0.2) is 5.65 Å². The van der Waals surface area contributed by atoms with Crippen LogP contribution in [0.25, 0.3) is 27.8 Å². The molecule has 0 fully saturated rings. The number of aromatic nitrogens is 5. The van der Waals surface area contributed by atoms with Crippen molar-refractivity contribution in [3.05, 3.63) is 112 Å². The minimum atomic E-state index is -0.445. The van der Waals surface area contributed by atoms with E-state index in [1.54, 1.807) is 23.9 Å². The van der Waals surface area contributed by atoms with Gasteiger partial charge in [-0.05, 0) is 79.4 Å². The summed E-state index contributed by atoms with van der Waals surface area (Å²) >= 11 is 0. The zero-order valence-electron chi connectivity index (χ0n) is 24.8. The summed E-state index contributed by atoms with van der Waals surface area (Å²) < 4.78 is 14.4. The molecule has 0 N–H and O–H groups in total. The zero-order chi connectivity index (χ0) is 30.1. The van der Waals surface area contributed by atoms with Crippen LogP contribution in [0.4, 0.5) is 0 Å². The van der Waals surface area contributed by atoms with Gasteiger partial charge in [-0.2, -0.15) is 5.10 Å². The molecule has 214 valence electrons. The first kappa shape index (κ1) is 27.7. The number of pyridine rings is 1. The minimum Gasteiger partial charge on any atom is -0.497 e. The fourth-order valence-corrected chi connectivity index (χ4v) is 5.36. The number of para-hydroxylation sites is 1. The van der Waals surface area contributed by atoms with E-state index in [0.717, 1.165) is 62.4 Å². The van der Waals surface area contributed by atoms with Crippen LogP contribution in [0.2, 0.25) is 0 Å². The van der Waals surface area contributed by atoms with Crippen LogP contribution < -0.4 is 4.74 Å². The summed E-state index contributed by atoms with van der Waals surface area (Å²) in [4.78, 5) is 22.5. The Hall–Kier alpha value is -5.42. The van der Waals surface area contributed by atoms with Crippen molar-refractivity contribution in [1.82, 2.24) is 24.3 Å². The lowest BCUT2D eigenvalue weighted by molar-refractivity contribution is 0.0600. The van der Waals surface area contributed by atoms with Gasteiger partial charge in [-0.1, -0.05) is 37.1 Å². The molecule has 3 heterocycles. The van der Waals surface area contributed by atoms with Gasteiger partial charge in [0.05, 0.1) is 37.5 Å². The van der Waals surface area contributed by atoms with Crippen LogP contribution >= 0.6 is 0 Å². The van der Waals surface area contributed by atoms with Crippen molar-refractivity contribution < 1.29 is 14.3 Å². The van der Waals surface area contributed by atoms with E-state index >= 15 is 0 Å². The molecule has 0 spiro atoms. The smallest absolute Gasteiger partial charge is 0.340 e. The second kappa shape index (κ2) is 11.5. The number of methoxy groups -OCH3 is 2. The lowest BCUT2D eigenvalue weighted by atomic mass is 10.1. The minimum absolute atomic E-state index is 0.400. The average molecular weight is 570 g/mol. The van der Waals surface area contributed by atoms with Crippen molar-refractivity contribution in [3.8, 4) is 23.3 Å². The number of aryl methyl sites for hydroxylation is 3. The lowest BCUT2D eigenvalue weighted by Crippen LogP contribution is -2.09. The molecule has 0 bridgehead atoms. The lowest BCUT2D eigenvalue weighted by Gasteiger charge is -2.09. The van der Waals surface area contributed by atoms with Gasteiger partial charge in [0.1, 0.15) is 22.8 Å². The summed E-state index contributed by atoms with van der Waals surface area (Å²) in [6.45, 7) is 6.79. The largest absolute Gasteiger partial charge is 0.497 e. The molecule has 8 heteroatoms. The molecule has 3 aromatic heterocycles. The van der Waals surface area contributed by atoms with E-state index in [1.807, 2.05) is 49.4 Å². The topological polar surface area (TPSA) is 84.1 Å². The molecule has 0 aliphatic rings. The standard InChI is InChI=1S/C35H31N5O3/c1-6-32-37-33-22(2)18-23(3)36-34(33)39(32)21-25-14-16-29-28(20-25)31(17-15-24-10-9-11-26(19-24)42-4)40(38-29)30-13-8-7-12-27(30)35(41)43-5/h7-14,16,18-20H,6,21H2,1-5H3. The number of fused-ring (bicyclic) bond motifs is 2. The van der Waals surface area contributed by atoms with Crippen molar-refractivity contribution in [2.45, 2.75) is 33.7 Å². The van der Waals surface area contributed by atoms with Gasteiger partial charge in [-0.3, -0.25) is 0 Å². The van der Waals surface area contributed by atoms with Gasteiger partial charge >= 0.3 is 5.97 Å². The van der Waals surface area contributed by atoms with E-state index in [-0.39, 0.29) is 0 Å². The van der Waals surface area contributed by atoms with Gasteiger partial charge in [-0.25, -0.2) is 19.4 Å². The number of carbonyl (C=O) groups excluding carboxylic acids is 1. The number of rotatable bonds is 6. The van der Waals surface area contributed by atoms with Crippen molar-refractivity contribution in [2.75, 3.05) is 14.2 Å². The van der Waals surface area contributed by atoms with E-state index in [0.29, 0.717) is 23.5 Å². The predicted molar refractivity (Wildman–Crippen MR) is 167 cm³/mol. The third-order valence-electron chi connectivity index (χ3n) is 7.43. The summed E-state index contributed by atoms with van der Waals surface area (Å²) in [5, 5.41) is 5.77. The fourth-order valence-electron chi connectivity index (χ4n) is 5.36. The normalized spacial score (nSPS) is 11.0. The zero-order valence-corrected chi connectivity index (χ0v) is 24.8. The number of ether oxygens (including phenoxy) is 2. The number of benzene rings is 3. The van der Waals surface area contributed by atoms with Crippen LogP contribution in [0.1, 0.15) is 51.2 Å². The third-order valence-corrected chi connectivity index (χ3v) is 7.43. The van der Waals surface area contributed by atoms with Crippen LogP contribution in [0.15, 0.2) is 72.8 Å². The molecule has 43 heavy (non-hydrogen) atoms. The van der Waals surface area contributed by atoms with E-state index in [2.05, 4.69) is 48.5 Å². The fraction of sp³-hybridized carbons (Fsp3) is 0.200. The SMILES string of the molecule is CCc1nc2c(C)cc(C)nc2n1Cc1ccc2nn(-c3ccccc3C(=O)OC)c(C#Cc3cccc(OC)c3)c2c1. The molecule has 0 saturated heterocycles. The molecule has 0 atom stereocenters. The highest BCUT2D eigenvalue weighted by atomic mass is 16.5. The second-order valence-corrected chi connectivity index (χ2v) is 10.3. The molecule has 3 aromatic carbocycles. The molecule has 0 aliphatic heterocycles. The Balaban J connectivity index is 1.53. The maximum atomic E-state index is 12.7. The number of carbonyl (C=O) groups is 1. The first-order chi connectivity index (χ1) is 20.9. The molecule has 6 rings (SSSR count). The third kappa shape index (κ3) is 5.22. The van der Waals surface area contributed by atoms with E-state index in [1.165, 1.54) is 7.11 Å². The van der Waals surface area contributed by atoms with Crippen LogP contribution in [0, 0.1) is 25.7 Å². The first-order valence-corrected chi connectivity index (χ1v) is 14.1. The Morgan fingerprint density at radius 3 is 2.56 bits per heavy atom. The summed E-state index contributed by atoms with van der Waals surface area (Å²) in [6.07, 6.45) is 0.788. The Bertz CT molecular complexity index is 2080. The Kier molecular flexibility index (Phi) is 7.39. The highest BCUT2D eigenvalue weighted by Gasteiger charge is 2.19.